The fourth-order valence-electron chi connectivity index (χ4n) is 1.49. The van der Waals surface area contributed by atoms with Gasteiger partial charge in [-0.1, -0.05) is 13.0 Å². The second kappa shape index (κ2) is 5.38. The molecule has 0 saturated heterocycles. The summed E-state index contributed by atoms with van der Waals surface area (Å²) in [5.41, 5.74) is 6.47. The standard InChI is InChI=1S/C11H15F3N2O2S/c1-3-16(7-11(12,13)14)19(17,18)9-5-4-8(2)10(15)6-9/h4-6H,3,7,15H2,1-2H3. The highest BCUT2D eigenvalue weighted by molar-refractivity contribution is 7.89. The largest absolute Gasteiger partial charge is 0.402 e. The third kappa shape index (κ3) is 3.84. The van der Waals surface area contributed by atoms with Crippen molar-refractivity contribution >= 4 is 15.7 Å². The minimum Gasteiger partial charge on any atom is -0.398 e. The van der Waals surface area contributed by atoms with E-state index in [0.29, 0.717) is 9.87 Å². The molecule has 0 radical (unpaired) electrons. The number of alkyl halides is 3. The Hall–Kier alpha value is -1.28. The van der Waals surface area contributed by atoms with Crippen LogP contribution in [0.25, 0.3) is 0 Å². The maximum absolute atomic E-state index is 12.4. The summed E-state index contributed by atoms with van der Waals surface area (Å²) >= 11 is 0. The highest BCUT2D eigenvalue weighted by Crippen LogP contribution is 2.24. The van der Waals surface area contributed by atoms with Crippen LogP contribution in [0.3, 0.4) is 0 Å². The van der Waals surface area contributed by atoms with Gasteiger partial charge in [-0.15, -0.1) is 0 Å². The number of nitrogens with zero attached hydrogens (tertiary/aromatic N) is 1. The van der Waals surface area contributed by atoms with Gasteiger partial charge in [-0.2, -0.15) is 17.5 Å². The van der Waals surface area contributed by atoms with Crippen LogP contribution in [0.15, 0.2) is 23.1 Å². The molecule has 2 N–H and O–H groups in total. The van der Waals surface area contributed by atoms with Crippen molar-refractivity contribution in [3.05, 3.63) is 23.8 Å². The molecular formula is C11H15F3N2O2S. The molecule has 19 heavy (non-hydrogen) atoms. The third-order valence-electron chi connectivity index (χ3n) is 2.60. The van der Waals surface area contributed by atoms with Gasteiger partial charge in [0, 0.05) is 12.2 Å². The second-order valence-corrected chi connectivity index (χ2v) is 6.00. The van der Waals surface area contributed by atoms with Crippen molar-refractivity contribution in [2.24, 2.45) is 0 Å². The molecule has 0 heterocycles. The molecule has 0 fully saturated rings. The molecule has 0 unspecified atom stereocenters. The Morgan fingerprint density at radius 1 is 1.32 bits per heavy atom. The van der Waals surface area contributed by atoms with Gasteiger partial charge >= 0.3 is 6.18 Å². The lowest BCUT2D eigenvalue weighted by molar-refractivity contribution is -0.135. The normalized spacial score (nSPS) is 12.9. The van der Waals surface area contributed by atoms with Crippen LogP contribution in [0.2, 0.25) is 0 Å². The molecule has 4 nitrogen and oxygen atoms in total. The summed E-state index contributed by atoms with van der Waals surface area (Å²) in [5.74, 6) is 0. The fraction of sp³-hybridized carbons (Fsp3) is 0.455. The zero-order chi connectivity index (χ0) is 14.8. The number of hydrogen-bond donors (Lipinski definition) is 1. The number of hydrogen-bond acceptors (Lipinski definition) is 3. The topological polar surface area (TPSA) is 63.4 Å². The second-order valence-electron chi connectivity index (χ2n) is 4.06. The summed E-state index contributed by atoms with van der Waals surface area (Å²) in [5, 5.41) is 0. The highest BCUT2D eigenvalue weighted by Gasteiger charge is 2.36. The average molecular weight is 296 g/mol. The Morgan fingerprint density at radius 2 is 1.89 bits per heavy atom. The predicted molar refractivity (Wildman–Crippen MR) is 66.1 cm³/mol. The van der Waals surface area contributed by atoms with Crippen molar-refractivity contribution in [1.82, 2.24) is 4.31 Å². The van der Waals surface area contributed by atoms with E-state index in [4.69, 9.17) is 5.73 Å². The van der Waals surface area contributed by atoms with Crippen LogP contribution in [-0.2, 0) is 10.0 Å². The lowest BCUT2D eigenvalue weighted by atomic mass is 10.2. The molecule has 1 aromatic rings. The number of anilines is 1. The van der Waals surface area contributed by atoms with E-state index in [1.807, 2.05) is 0 Å². The van der Waals surface area contributed by atoms with Crippen molar-refractivity contribution in [3.63, 3.8) is 0 Å². The van der Waals surface area contributed by atoms with Gasteiger partial charge in [0.15, 0.2) is 0 Å². The number of nitrogens with two attached hydrogens (primary N) is 1. The number of aryl methyl sites for hydroxylation is 1. The molecule has 0 aliphatic carbocycles. The molecular weight excluding hydrogens is 281 g/mol. The van der Waals surface area contributed by atoms with Crippen molar-refractivity contribution in [2.45, 2.75) is 24.9 Å². The first-order valence-electron chi connectivity index (χ1n) is 5.51. The Labute approximate surface area is 110 Å². The van der Waals surface area contributed by atoms with Crippen LogP contribution >= 0.6 is 0 Å². The van der Waals surface area contributed by atoms with Crippen molar-refractivity contribution in [3.8, 4) is 0 Å². The molecule has 0 aliphatic heterocycles. The smallest absolute Gasteiger partial charge is 0.398 e. The van der Waals surface area contributed by atoms with E-state index in [-0.39, 0.29) is 17.1 Å². The van der Waals surface area contributed by atoms with E-state index < -0.39 is 22.7 Å². The van der Waals surface area contributed by atoms with Crippen LogP contribution in [0.4, 0.5) is 18.9 Å². The first kappa shape index (κ1) is 15.8. The van der Waals surface area contributed by atoms with E-state index in [0.717, 1.165) is 0 Å². The number of halogens is 3. The van der Waals surface area contributed by atoms with E-state index in [1.165, 1.54) is 25.1 Å². The molecule has 0 saturated carbocycles. The number of benzene rings is 1. The first-order chi connectivity index (χ1) is 8.58. The molecule has 0 aliphatic rings. The summed E-state index contributed by atoms with van der Waals surface area (Å²) < 4.78 is 61.6. The molecule has 0 amide bonds. The fourth-order valence-corrected chi connectivity index (χ4v) is 2.97. The van der Waals surface area contributed by atoms with Gasteiger partial charge in [-0.25, -0.2) is 8.42 Å². The van der Waals surface area contributed by atoms with Crippen LogP contribution in [0.1, 0.15) is 12.5 Å². The van der Waals surface area contributed by atoms with E-state index in [2.05, 4.69) is 0 Å². The quantitative estimate of drug-likeness (QED) is 0.866. The highest BCUT2D eigenvalue weighted by atomic mass is 32.2. The summed E-state index contributed by atoms with van der Waals surface area (Å²) in [6.07, 6.45) is -4.58. The number of nitrogen functional groups attached to an aromatic ring is 1. The van der Waals surface area contributed by atoms with Gasteiger partial charge in [0.05, 0.1) is 4.90 Å². The number of rotatable bonds is 4. The molecule has 0 aromatic heterocycles. The molecule has 1 rings (SSSR count). The summed E-state index contributed by atoms with van der Waals surface area (Å²) in [6, 6.07) is 3.88. The zero-order valence-corrected chi connectivity index (χ0v) is 11.3. The van der Waals surface area contributed by atoms with Crippen LogP contribution in [0.5, 0.6) is 0 Å². The zero-order valence-electron chi connectivity index (χ0n) is 10.5. The van der Waals surface area contributed by atoms with E-state index >= 15 is 0 Å². The Bertz CT molecular complexity index is 556. The molecule has 0 bridgehead atoms. The monoisotopic (exact) mass is 296 g/mol. The first-order valence-corrected chi connectivity index (χ1v) is 6.95. The summed E-state index contributed by atoms with van der Waals surface area (Å²) in [6.45, 7) is 1.25. The minimum absolute atomic E-state index is 0.226. The van der Waals surface area contributed by atoms with Gasteiger partial charge in [-0.3, -0.25) is 0 Å². The van der Waals surface area contributed by atoms with Crippen molar-refractivity contribution in [2.75, 3.05) is 18.8 Å². The van der Waals surface area contributed by atoms with Gasteiger partial charge in [0.25, 0.3) is 0 Å². The summed E-state index contributed by atoms with van der Waals surface area (Å²) in [4.78, 5) is -0.235. The molecule has 1 aromatic carbocycles. The Morgan fingerprint density at radius 3 is 2.32 bits per heavy atom. The SMILES string of the molecule is CCN(CC(F)(F)F)S(=O)(=O)c1ccc(C)c(N)c1. The maximum atomic E-state index is 12.4. The van der Waals surface area contributed by atoms with Crippen molar-refractivity contribution in [1.29, 1.82) is 0 Å². The molecule has 108 valence electrons. The molecule has 0 spiro atoms. The average Bonchev–Trinajstić information content (AvgIpc) is 2.28. The van der Waals surface area contributed by atoms with E-state index in [1.54, 1.807) is 6.92 Å². The lowest BCUT2D eigenvalue weighted by Crippen LogP contribution is -2.38. The third-order valence-corrected chi connectivity index (χ3v) is 4.51. The summed E-state index contributed by atoms with van der Waals surface area (Å²) in [7, 11) is -4.19. The minimum atomic E-state index is -4.58. The predicted octanol–water partition coefficient (Wildman–Crippen LogP) is 2.15. The maximum Gasteiger partial charge on any atom is 0.402 e. The number of sulfonamides is 1. The van der Waals surface area contributed by atoms with Crippen LogP contribution in [-0.4, -0.2) is 32.0 Å². The molecule has 8 heteroatoms. The van der Waals surface area contributed by atoms with Crippen LogP contribution < -0.4 is 5.73 Å². The van der Waals surface area contributed by atoms with E-state index in [9.17, 15) is 21.6 Å². The van der Waals surface area contributed by atoms with Crippen molar-refractivity contribution < 1.29 is 21.6 Å². The van der Waals surface area contributed by atoms with Gasteiger partial charge in [0.2, 0.25) is 10.0 Å². The Balaban J connectivity index is 3.17. The van der Waals surface area contributed by atoms with Gasteiger partial charge in [-0.05, 0) is 24.6 Å². The Kier molecular flexibility index (Phi) is 4.46. The molecule has 0 atom stereocenters. The van der Waals surface area contributed by atoms with Gasteiger partial charge < -0.3 is 5.73 Å². The van der Waals surface area contributed by atoms with Gasteiger partial charge in [0.1, 0.15) is 6.54 Å². The lowest BCUT2D eigenvalue weighted by Gasteiger charge is -2.22. The van der Waals surface area contributed by atoms with Crippen LogP contribution in [0, 0.1) is 6.92 Å².